The van der Waals surface area contributed by atoms with E-state index in [1.807, 2.05) is 48.5 Å². The second kappa shape index (κ2) is 8.32. The summed E-state index contributed by atoms with van der Waals surface area (Å²) in [7, 11) is 0. The van der Waals surface area contributed by atoms with Crippen LogP contribution < -0.4 is 10.1 Å². The molecule has 1 amide bonds. The topological polar surface area (TPSA) is 41.6 Å². The summed E-state index contributed by atoms with van der Waals surface area (Å²) in [6.45, 7) is 2.39. The van der Waals surface area contributed by atoms with Crippen LogP contribution in [-0.2, 0) is 17.8 Å². The number of halogens is 1. The first-order valence-corrected chi connectivity index (χ1v) is 10.0. The van der Waals surface area contributed by atoms with E-state index in [1.165, 1.54) is 0 Å². The van der Waals surface area contributed by atoms with Crippen LogP contribution in [0.1, 0.15) is 30.4 Å². The van der Waals surface area contributed by atoms with Crippen molar-refractivity contribution < 1.29 is 9.53 Å². The van der Waals surface area contributed by atoms with E-state index in [-0.39, 0.29) is 5.91 Å². The van der Waals surface area contributed by atoms with Crippen molar-refractivity contribution in [3.05, 3.63) is 64.7 Å². The van der Waals surface area contributed by atoms with Crippen LogP contribution >= 0.6 is 11.6 Å². The Morgan fingerprint density at radius 3 is 2.78 bits per heavy atom. The second-order valence-electron chi connectivity index (χ2n) is 7.42. The summed E-state index contributed by atoms with van der Waals surface area (Å²) in [5, 5.41) is 4.16. The maximum atomic E-state index is 13.0. The highest BCUT2D eigenvalue weighted by molar-refractivity contribution is 6.30. The van der Waals surface area contributed by atoms with Crippen molar-refractivity contribution in [2.45, 2.75) is 44.4 Å². The summed E-state index contributed by atoms with van der Waals surface area (Å²) in [6, 6.07) is 16.3. The van der Waals surface area contributed by atoms with Crippen molar-refractivity contribution in [3.63, 3.8) is 0 Å². The molecule has 2 aromatic carbocycles. The monoisotopic (exact) mass is 384 g/mol. The fraction of sp³-hybridized carbons (Fsp3) is 0.409. The van der Waals surface area contributed by atoms with Crippen molar-refractivity contribution in [1.82, 2.24) is 10.2 Å². The molecule has 0 aliphatic carbocycles. The number of benzene rings is 2. The Morgan fingerprint density at radius 1 is 1.07 bits per heavy atom. The van der Waals surface area contributed by atoms with Crippen LogP contribution in [0.5, 0.6) is 5.75 Å². The number of hydrogen-bond donors (Lipinski definition) is 1. The minimum Gasteiger partial charge on any atom is -0.489 e. The Kier molecular flexibility index (Phi) is 5.65. The number of amides is 1. The van der Waals surface area contributed by atoms with Crippen LogP contribution in [0.2, 0.25) is 5.02 Å². The Balaban J connectivity index is 1.39. The van der Waals surface area contributed by atoms with Crippen molar-refractivity contribution >= 4 is 17.5 Å². The zero-order chi connectivity index (χ0) is 18.6. The largest absolute Gasteiger partial charge is 0.489 e. The highest BCUT2D eigenvalue weighted by atomic mass is 35.5. The lowest BCUT2D eigenvalue weighted by molar-refractivity contribution is -0.133. The maximum Gasteiger partial charge on any atom is 0.227 e. The molecule has 2 unspecified atom stereocenters. The molecule has 2 bridgehead atoms. The molecule has 0 aromatic heterocycles. The van der Waals surface area contributed by atoms with E-state index in [0.29, 0.717) is 30.1 Å². The molecule has 2 heterocycles. The normalized spacial score (nSPS) is 21.7. The van der Waals surface area contributed by atoms with Gasteiger partial charge in [0.05, 0.1) is 6.42 Å². The van der Waals surface area contributed by atoms with Crippen LogP contribution in [-0.4, -0.2) is 36.0 Å². The molecule has 4 rings (SSSR count). The first-order chi connectivity index (χ1) is 13.2. The Labute approximate surface area is 165 Å². The molecule has 0 radical (unpaired) electrons. The van der Waals surface area contributed by atoms with Gasteiger partial charge in [0.25, 0.3) is 0 Å². The third-order valence-corrected chi connectivity index (χ3v) is 5.73. The van der Waals surface area contributed by atoms with Gasteiger partial charge in [-0.1, -0.05) is 35.9 Å². The summed E-state index contributed by atoms with van der Waals surface area (Å²) >= 11 is 6.02. The minimum absolute atomic E-state index is 0.234. The summed E-state index contributed by atoms with van der Waals surface area (Å²) in [5.74, 6) is 1.01. The van der Waals surface area contributed by atoms with E-state index in [9.17, 15) is 4.79 Å². The number of nitrogens with zero attached hydrogens (tertiary/aromatic N) is 1. The Bertz CT molecular complexity index is 796. The quantitative estimate of drug-likeness (QED) is 0.852. The van der Waals surface area contributed by atoms with Crippen LogP contribution in [0.15, 0.2) is 48.5 Å². The lowest BCUT2D eigenvalue weighted by Gasteiger charge is -2.28. The average molecular weight is 385 g/mol. The maximum absolute atomic E-state index is 13.0. The van der Waals surface area contributed by atoms with Gasteiger partial charge in [0, 0.05) is 23.7 Å². The fourth-order valence-electron chi connectivity index (χ4n) is 4.19. The molecule has 4 nitrogen and oxygen atoms in total. The third-order valence-electron chi connectivity index (χ3n) is 5.49. The van der Waals surface area contributed by atoms with Gasteiger partial charge < -0.3 is 15.0 Å². The van der Waals surface area contributed by atoms with Crippen LogP contribution in [0.25, 0.3) is 0 Å². The molecule has 2 aromatic rings. The van der Waals surface area contributed by atoms with Gasteiger partial charge in [-0.15, -0.1) is 0 Å². The van der Waals surface area contributed by atoms with Crippen LogP contribution in [0.4, 0.5) is 0 Å². The van der Waals surface area contributed by atoms with E-state index in [0.717, 1.165) is 49.2 Å². The molecule has 2 fully saturated rings. The van der Waals surface area contributed by atoms with Gasteiger partial charge in [-0.3, -0.25) is 4.79 Å². The van der Waals surface area contributed by atoms with Gasteiger partial charge in [-0.25, -0.2) is 0 Å². The zero-order valence-electron chi connectivity index (χ0n) is 15.4. The first kappa shape index (κ1) is 18.3. The lowest BCUT2D eigenvalue weighted by Crippen LogP contribution is -2.43. The summed E-state index contributed by atoms with van der Waals surface area (Å²) in [4.78, 5) is 15.1. The molecule has 142 valence electrons. The highest BCUT2D eigenvalue weighted by Crippen LogP contribution is 2.29. The van der Waals surface area contributed by atoms with Crippen LogP contribution in [0.3, 0.4) is 0 Å². The zero-order valence-corrected chi connectivity index (χ0v) is 16.1. The molecular formula is C22H25ClN2O2. The first-order valence-electron chi connectivity index (χ1n) is 9.67. The summed E-state index contributed by atoms with van der Waals surface area (Å²) in [5.41, 5.74) is 2.03. The van der Waals surface area contributed by atoms with E-state index in [4.69, 9.17) is 16.3 Å². The molecule has 2 saturated heterocycles. The van der Waals surface area contributed by atoms with E-state index in [1.54, 1.807) is 0 Å². The average Bonchev–Trinajstić information content (AvgIpc) is 2.93. The standard InChI is InChI=1S/C22H25ClN2O2/c23-18-5-1-4-17(11-18)15-27-21-6-2-3-16(12-21)13-22(26)25-19-7-8-20(25)14-24-10-9-19/h1-6,11-12,19-20,24H,7-10,13-15H2. The molecule has 2 aliphatic heterocycles. The smallest absolute Gasteiger partial charge is 0.227 e. The fourth-order valence-corrected chi connectivity index (χ4v) is 4.41. The van der Waals surface area contributed by atoms with Gasteiger partial charge in [0.15, 0.2) is 0 Å². The van der Waals surface area contributed by atoms with Crippen LogP contribution in [0, 0.1) is 0 Å². The Morgan fingerprint density at radius 2 is 1.89 bits per heavy atom. The van der Waals surface area contributed by atoms with Gasteiger partial charge >= 0.3 is 0 Å². The lowest BCUT2D eigenvalue weighted by atomic mass is 10.1. The predicted molar refractivity (Wildman–Crippen MR) is 107 cm³/mol. The van der Waals surface area contributed by atoms with E-state index < -0.39 is 0 Å². The molecule has 2 aliphatic rings. The van der Waals surface area contributed by atoms with E-state index >= 15 is 0 Å². The molecule has 2 atom stereocenters. The molecule has 1 N–H and O–H groups in total. The number of carbonyl (C=O) groups is 1. The molecule has 27 heavy (non-hydrogen) atoms. The third kappa shape index (κ3) is 4.45. The minimum atomic E-state index is 0.234. The SMILES string of the molecule is O=C(Cc1cccc(OCc2cccc(Cl)c2)c1)N1C2CCNCC1CC2. The molecular weight excluding hydrogens is 360 g/mol. The van der Waals surface area contributed by atoms with Crippen molar-refractivity contribution in [3.8, 4) is 5.75 Å². The second-order valence-corrected chi connectivity index (χ2v) is 7.86. The highest BCUT2D eigenvalue weighted by Gasteiger charge is 2.37. The summed E-state index contributed by atoms with van der Waals surface area (Å²) in [6.07, 6.45) is 3.75. The van der Waals surface area contributed by atoms with Crippen molar-refractivity contribution in [2.24, 2.45) is 0 Å². The van der Waals surface area contributed by atoms with Crippen molar-refractivity contribution in [1.29, 1.82) is 0 Å². The number of nitrogens with one attached hydrogen (secondary N) is 1. The molecule has 0 saturated carbocycles. The number of rotatable bonds is 5. The molecule has 5 heteroatoms. The predicted octanol–water partition coefficient (Wildman–Crippen LogP) is 3.81. The van der Waals surface area contributed by atoms with Gasteiger partial charge in [-0.05, 0) is 61.2 Å². The van der Waals surface area contributed by atoms with E-state index in [2.05, 4.69) is 10.2 Å². The molecule has 0 spiro atoms. The number of carbonyl (C=O) groups excluding carboxylic acids is 1. The number of fused-ring (bicyclic) bond motifs is 2. The van der Waals surface area contributed by atoms with Gasteiger partial charge in [-0.2, -0.15) is 0 Å². The van der Waals surface area contributed by atoms with Crippen molar-refractivity contribution in [2.75, 3.05) is 13.1 Å². The number of ether oxygens (including phenoxy) is 1. The van der Waals surface area contributed by atoms with Gasteiger partial charge in [0.2, 0.25) is 5.91 Å². The van der Waals surface area contributed by atoms with Gasteiger partial charge in [0.1, 0.15) is 12.4 Å². The summed E-state index contributed by atoms with van der Waals surface area (Å²) < 4.78 is 5.90. The number of hydrogen-bond acceptors (Lipinski definition) is 3. The Hall–Kier alpha value is -2.04.